The topological polar surface area (TPSA) is 118 Å². The summed E-state index contributed by atoms with van der Waals surface area (Å²) in [7, 11) is 0. The van der Waals surface area contributed by atoms with E-state index in [4.69, 9.17) is 0 Å². The van der Waals surface area contributed by atoms with Crippen molar-refractivity contribution in [1.82, 2.24) is 15.4 Å². The predicted molar refractivity (Wildman–Crippen MR) is 90.0 cm³/mol. The molecule has 1 aromatic heterocycles. The van der Waals surface area contributed by atoms with E-state index in [1.807, 2.05) is 10.9 Å². The quantitative estimate of drug-likeness (QED) is 0.681. The first kappa shape index (κ1) is 20.7. The van der Waals surface area contributed by atoms with Gasteiger partial charge < -0.3 is 5.11 Å². The molecule has 0 saturated heterocycles. The fourth-order valence-corrected chi connectivity index (χ4v) is 2.43. The molecule has 0 unspecified atom stereocenters. The van der Waals surface area contributed by atoms with Crippen molar-refractivity contribution in [2.45, 2.75) is 20.0 Å². The molecule has 2 aromatic rings. The molecule has 0 aliphatic carbocycles. The average Bonchev–Trinajstić information content (AvgIpc) is 2.59. The SMILES string of the molecule is CC(=O)NNC(=O)c1cc(C(=O)O)c(=O)n(-c2cccc(C(F)(F)F)c2)c1C. The summed E-state index contributed by atoms with van der Waals surface area (Å²) in [6, 6.07) is 4.46. The summed E-state index contributed by atoms with van der Waals surface area (Å²) in [5.41, 5.74) is 0.325. The third-order valence-corrected chi connectivity index (χ3v) is 3.71. The summed E-state index contributed by atoms with van der Waals surface area (Å²) >= 11 is 0. The van der Waals surface area contributed by atoms with Crippen molar-refractivity contribution in [1.29, 1.82) is 0 Å². The van der Waals surface area contributed by atoms with Crippen molar-refractivity contribution in [2.24, 2.45) is 0 Å². The Bertz CT molecular complexity index is 1030. The van der Waals surface area contributed by atoms with Crippen LogP contribution in [0.15, 0.2) is 35.1 Å². The van der Waals surface area contributed by atoms with Crippen LogP contribution in [-0.2, 0) is 11.0 Å². The lowest BCUT2D eigenvalue weighted by Gasteiger charge is -2.17. The van der Waals surface area contributed by atoms with Gasteiger partial charge in [0.05, 0.1) is 11.1 Å². The molecule has 8 nitrogen and oxygen atoms in total. The lowest BCUT2D eigenvalue weighted by atomic mass is 10.1. The maximum atomic E-state index is 13.0. The van der Waals surface area contributed by atoms with E-state index >= 15 is 0 Å². The molecule has 1 heterocycles. The highest BCUT2D eigenvalue weighted by Crippen LogP contribution is 2.30. The summed E-state index contributed by atoms with van der Waals surface area (Å²) in [5.74, 6) is -3.23. The van der Waals surface area contributed by atoms with Crippen LogP contribution in [0.5, 0.6) is 0 Å². The first-order chi connectivity index (χ1) is 12.9. The van der Waals surface area contributed by atoms with Gasteiger partial charge in [-0.15, -0.1) is 0 Å². The van der Waals surface area contributed by atoms with Crippen LogP contribution in [0.2, 0.25) is 0 Å². The van der Waals surface area contributed by atoms with Crippen LogP contribution in [0.3, 0.4) is 0 Å². The highest BCUT2D eigenvalue weighted by atomic mass is 19.4. The second kappa shape index (κ2) is 7.55. The average molecular weight is 397 g/mol. The van der Waals surface area contributed by atoms with Crippen LogP contribution < -0.4 is 16.4 Å². The zero-order valence-corrected chi connectivity index (χ0v) is 14.5. The van der Waals surface area contributed by atoms with Crippen molar-refractivity contribution in [2.75, 3.05) is 0 Å². The number of hydrogen-bond donors (Lipinski definition) is 3. The number of halogens is 3. The van der Waals surface area contributed by atoms with Gasteiger partial charge in [-0.3, -0.25) is 29.8 Å². The van der Waals surface area contributed by atoms with E-state index in [0.29, 0.717) is 10.6 Å². The van der Waals surface area contributed by atoms with E-state index in [1.54, 1.807) is 0 Å². The van der Waals surface area contributed by atoms with Gasteiger partial charge in [-0.05, 0) is 31.2 Å². The Balaban J connectivity index is 2.74. The van der Waals surface area contributed by atoms with Crippen LogP contribution in [0.4, 0.5) is 13.2 Å². The minimum Gasteiger partial charge on any atom is -0.477 e. The molecule has 0 fully saturated rings. The lowest BCUT2D eigenvalue weighted by Crippen LogP contribution is -2.41. The van der Waals surface area contributed by atoms with Crippen LogP contribution >= 0.6 is 0 Å². The van der Waals surface area contributed by atoms with Crippen molar-refractivity contribution >= 4 is 17.8 Å². The molecule has 2 rings (SSSR count). The number of hydrazine groups is 1. The normalized spacial score (nSPS) is 11.0. The van der Waals surface area contributed by atoms with Crippen molar-refractivity contribution < 1.29 is 32.7 Å². The van der Waals surface area contributed by atoms with Gasteiger partial charge in [0.15, 0.2) is 0 Å². The van der Waals surface area contributed by atoms with Gasteiger partial charge in [-0.25, -0.2) is 4.79 Å². The van der Waals surface area contributed by atoms with Gasteiger partial charge >= 0.3 is 12.1 Å². The molecule has 11 heteroatoms. The Morgan fingerprint density at radius 3 is 2.25 bits per heavy atom. The molecule has 0 aliphatic heterocycles. The number of nitrogens with one attached hydrogen (secondary N) is 2. The maximum absolute atomic E-state index is 13.0. The molecule has 0 aliphatic rings. The Hall–Kier alpha value is -3.63. The van der Waals surface area contributed by atoms with Crippen molar-refractivity contribution in [3.8, 4) is 5.69 Å². The molecule has 0 atom stereocenters. The number of nitrogens with zero attached hydrogens (tertiary/aromatic N) is 1. The highest BCUT2D eigenvalue weighted by Gasteiger charge is 2.31. The zero-order valence-electron chi connectivity index (χ0n) is 14.5. The number of aromatic carboxylic acids is 1. The molecule has 0 spiro atoms. The second-order valence-corrected chi connectivity index (χ2v) is 5.69. The van der Waals surface area contributed by atoms with E-state index in [1.165, 1.54) is 13.0 Å². The van der Waals surface area contributed by atoms with E-state index in [-0.39, 0.29) is 16.9 Å². The van der Waals surface area contributed by atoms with Crippen LogP contribution in [0, 0.1) is 6.92 Å². The van der Waals surface area contributed by atoms with Gasteiger partial charge in [-0.2, -0.15) is 13.2 Å². The number of pyridine rings is 1. The monoisotopic (exact) mass is 397 g/mol. The van der Waals surface area contributed by atoms with Gasteiger partial charge in [0.1, 0.15) is 5.56 Å². The Kier molecular flexibility index (Phi) is 5.57. The highest BCUT2D eigenvalue weighted by molar-refractivity contribution is 5.99. The van der Waals surface area contributed by atoms with Crippen LogP contribution in [0.25, 0.3) is 5.69 Å². The van der Waals surface area contributed by atoms with Crippen LogP contribution in [-0.4, -0.2) is 27.5 Å². The third kappa shape index (κ3) is 4.19. The third-order valence-electron chi connectivity index (χ3n) is 3.71. The lowest BCUT2D eigenvalue weighted by molar-refractivity contribution is -0.137. The molecule has 0 bridgehead atoms. The fraction of sp³-hybridized carbons (Fsp3) is 0.176. The Labute approximate surface area is 155 Å². The first-order valence-electron chi connectivity index (χ1n) is 7.68. The number of carbonyl (C=O) groups is 3. The van der Waals surface area contributed by atoms with Crippen molar-refractivity contribution in [3.63, 3.8) is 0 Å². The van der Waals surface area contributed by atoms with E-state index in [2.05, 4.69) is 0 Å². The molecule has 0 radical (unpaired) electrons. The molecular weight excluding hydrogens is 383 g/mol. The Morgan fingerprint density at radius 1 is 1.07 bits per heavy atom. The minimum atomic E-state index is -4.69. The summed E-state index contributed by atoms with van der Waals surface area (Å²) in [4.78, 5) is 47.1. The summed E-state index contributed by atoms with van der Waals surface area (Å²) in [6.07, 6.45) is -4.69. The number of carboxylic acids is 1. The Morgan fingerprint density at radius 2 is 1.71 bits per heavy atom. The van der Waals surface area contributed by atoms with Crippen molar-refractivity contribution in [3.05, 3.63) is 63.1 Å². The first-order valence-corrected chi connectivity index (χ1v) is 7.68. The molecular formula is C17H14F3N3O5. The van der Waals surface area contributed by atoms with E-state index < -0.39 is 40.6 Å². The zero-order chi connectivity index (χ0) is 21.2. The number of hydrogen-bond acceptors (Lipinski definition) is 4. The second-order valence-electron chi connectivity index (χ2n) is 5.69. The summed E-state index contributed by atoms with van der Waals surface area (Å²) in [6.45, 7) is 2.37. The van der Waals surface area contributed by atoms with Gasteiger partial charge in [-0.1, -0.05) is 6.07 Å². The molecule has 0 saturated carbocycles. The van der Waals surface area contributed by atoms with Gasteiger partial charge in [0.25, 0.3) is 11.5 Å². The number of aromatic nitrogens is 1. The molecule has 2 amide bonds. The number of benzene rings is 1. The number of carbonyl (C=O) groups excluding carboxylic acids is 2. The largest absolute Gasteiger partial charge is 0.477 e. The standard InChI is InChI=1S/C17H14F3N3O5/c1-8-12(14(25)22-21-9(2)24)7-13(16(27)28)15(26)23(8)11-5-3-4-10(6-11)17(18,19)20/h3-7H,1-2H3,(H,21,24)(H,22,25)(H,27,28). The van der Waals surface area contributed by atoms with E-state index in [0.717, 1.165) is 25.1 Å². The summed E-state index contributed by atoms with van der Waals surface area (Å²) < 4.78 is 39.7. The maximum Gasteiger partial charge on any atom is 0.416 e. The van der Waals surface area contributed by atoms with Gasteiger partial charge in [0.2, 0.25) is 5.91 Å². The number of carboxylic acid groups (broad SMARTS) is 1. The molecule has 28 heavy (non-hydrogen) atoms. The fourth-order valence-electron chi connectivity index (χ4n) is 2.43. The smallest absolute Gasteiger partial charge is 0.416 e. The number of alkyl halides is 3. The predicted octanol–water partition coefficient (Wildman–Crippen LogP) is 1.64. The number of rotatable bonds is 3. The number of amides is 2. The minimum absolute atomic E-state index is 0.114. The molecule has 148 valence electrons. The molecule has 1 aromatic carbocycles. The van der Waals surface area contributed by atoms with Gasteiger partial charge in [0, 0.05) is 18.3 Å². The van der Waals surface area contributed by atoms with Crippen LogP contribution in [0.1, 0.15) is 38.9 Å². The summed E-state index contributed by atoms with van der Waals surface area (Å²) in [5, 5.41) is 9.24. The van der Waals surface area contributed by atoms with E-state index in [9.17, 15) is 37.5 Å². The molecule has 3 N–H and O–H groups in total.